The highest BCUT2D eigenvalue weighted by Gasteiger charge is 2.53. The molecule has 40 heavy (non-hydrogen) atoms. The minimum Gasteiger partial charge on any atom is -0.456 e. The van der Waals surface area contributed by atoms with Crippen molar-refractivity contribution in [1.82, 2.24) is 9.55 Å². The lowest BCUT2D eigenvalue weighted by molar-refractivity contribution is 0.0224. The number of benzene rings is 4. The highest BCUT2D eigenvalue weighted by molar-refractivity contribution is 5.97. The largest absolute Gasteiger partial charge is 0.456 e. The van der Waals surface area contributed by atoms with Gasteiger partial charge < -0.3 is 14.4 Å². The van der Waals surface area contributed by atoms with Gasteiger partial charge in [0.05, 0.1) is 22.2 Å². The number of para-hydroxylation sites is 1. The fourth-order valence-corrected chi connectivity index (χ4v) is 6.13. The molecular formula is C33H27N3O4. The fourth-order valence-electron chi connectivity index (χ4n) is 6.13. The molecule has 4 aromatic carbocycles. The predicted octanol–water partition coefficient (Wildman–Crippen LogP) is 6.11. The molecule has 1 atom stereocenters. The Kier molecular flexibility index (Phi) is 5.32. The van der Waals surface area contributed by atoms with Gasteiger partial charge in [-0.05, 0) is 63.2 Å². The molecule has 0 radical (unpaired) electrons. The van der Waals surface area contributed by atoms with Crippen molar-refractivity contribution in [3.05, 3.63) is 123 Å². The number of hydrogen-bond donors (Lipinski definition) is 0. The highest BCUT2D eigenvalue weighted by atomic mass is 16.6. The van der Waals surface area contributed by atoms with Crippen molar-refractivity contribution in [3.8, 4) is 17.2 Å². The van der Waals surface area contributed by atoms with Crippen LogP contribution in [0.25, 0.3) is 16.6 Å². The van der Waals surface area contributed by atoms with Crippen molar-refractivity contribution < 1.29 is 14.3 Å². The van der Waals surface area contributed by atoms with Crippen LogP contribution in [0.2, 0.25) is 0 Å². The van der Waals surface area contributed by atoms with Crippen LogP contribution in [0.15, 0.2) is 89.7 Å². The number of fused-ring (bicyclic) bond motifs is 7. The van der Waals surface area contributed by atoms with Crippen molar-refractivity contribution in [2.75, 3.05) is 18.0 Å². The molecule has 1 unspecified atom stereocenters. The zero-order valence-corrected chi connectivity index (χ0v) is 22.5. The first-order chi connectivity index (χ1) is 19.5. The van der Waals surface area contributed by atoms with Crippen molar-refractivity contribution in [1.29, 1.82) is 0 Å². The quantitative estimate of drug-likeness (QED) is 0.262. The summed E-state index contributed by atoms with van der Waals surface area (Å²) in [7, 11) is 0. The summed E-state index contributed by atoms with van der Waals surface area (Å²) in [6.07, 6.45) is 0. The summed E-state index contributed by atoms with van der Waals surface area (Å²) < 4.78 is 14.5. The molecule has 0 saturated heterocycles. The van der Waals surface area contributed by atoms with Gasteiger partial charge in [-0.2, -0.15) is 0 Å². The first-order valence-electron chi connectivity index (χ1n) is 13.5. The number of hydrogen-bond acceptors (Lipinski definition) is 6. The average Bonchev–Trinajstić information content (AvgIpc) is 3.26. The van der Waals surface area contributed by atoms with E-state index >= 15 is 0 Å². The number of aromatic nitrogens is 2. The van der Waals surface area contributed by atoms with Crippen LogP contribution in [0.3, 0.4) is 0 Å². The maximum Gasteiger partial charge on any atom is 0.340 e. The molecule has 0 amide bonds. The molecule has 1 spiro atoms. The summed E-state index contributed by atoms with van der Waals surface area (Å²) in [4.78, 5) is 33.7. The number of anilines is 1. The molecule has 2 aliphatic rings. The Morgan fingerprint density at radius 2 is 1.52 bits per heavy atom. The molecule has 5 aromatic rings. The van der Waals surface area contributed by atoms with E-state index in [2.05, 4.69) is 29.8 Å². The van der Waals surface area contributed by atoms with Crippen LogP contribution in [0.4, 0.5) is 5.69 Å². The Bertz CT molecular complexity index is 1910. The van der Waals surface area contributed by atoms with Crippen molar-refractivity contribution >= 4 is 22.6 Å². The van der Waals surface area contributed by atoms with Gasteiger partial charge >= 0.3 is 5.97 Å². The average molecular weight is 530 g/mol. The van der Waals surface area contributed by atoms with Crippen molar-refractivity contribution in [2.24, 2.45) is 0 Å². The van der Waals surface area contributed by atoms with Gasteiger partial charge in [-0.25, -0.2) is 9.78 Å². The van der Waals surface area contributed by atoms with Gasteiger partial charge in [0.1, 0.15) is 17.3 Å². The molecule has 198 valence electrons. The van der Waals surface area contributed by atoms with E-state index in [0.717, 1.165) is 29.9 Å². The SMILES string of the molecule is CCN(CC)c1ccc2c(c1)Oc1cc(-n3c(C)nc4ccccc4c3=O)ccc1C21OC(=O)c2ccccc21. The van der Waals surface area contributed by atoms with Crippen LogP contribution in [0.5, 0.6) is 11.5 Å². The molecule has 7 heteroatoms. The van der Waals surface area contributed by atoms with E-state index in [1.807, 2.05) is 73.7 Å². The standard InChI is InChI=1S/C33H27N3O4/c1-4-35(5-2)21-14-16-26-29(18-21)39-30-19-22(36-20(3)34-28-13-9-7-11-24(28)31(36)37)15-17-27(30)33(26)25-12-8-6-10-23(25)32(38)40-33/h6-19H,4-5H2,1-3H3. The number of carbonyl (C=O) groups is 1. The van der Waals surface area contributed by atoms with E-state index in [1.165, 1.54) is 0 Å². The van der Waals surface area contributed by atoms with Gasteiger partial charge in [-0.15, -0.1) is 0 Å². The fraction of sp³-hybridized carbons (Fsp3) is 0.182. The summed E-state index contributed by atoms with van der Waals surface area (Å²) in [6.45, 7) is 7.72. The monoisotopic (exact) mass is 529 g/mol. The van der Waals surface area contributed by atoms with Crippen LogP contribution in [-0.4, -0.2) is 28.6 Å². The molecule has 3 heterocycles. The summed E-state index contributed by atoms with van der Waals surface area (Å²) in [6, 6.07) is 26.5. The third-order valence-electron chi connectivity index (χ3n) is 8.01. The van der Waals surface area contributed by atoms with Crippen molar-refractivity contribution in [2.45, 2.75) is 26.4 Å². The van der Waals surface area contributed by atoms with Crippen LogP contribution < -0.4 is 15.2 Å². The molecule has 2 aliphatic heterocycles. The van der Waals surface area contributed by atoms with E-state index in [0.29, 0.717) is 45.0 Å². The molecule has 0 bridgehead atoms. The van der Waals surface area contributed by atoms with E-state index in [-0.39, 0.29) is 11.5 Å². The molecule has 0 N–H and O–H groups in total. The second-order valence-electron chi connectivity index (χ2n) is 10.1. The number of carbonyl (C=O) groups excluding carboxylic acids is 1. The minimum atomic E-state index is -1.17. The molecule has 1 aromatic heterocycles. The number of esters is 1. The number of aryl methyl sites for hydroxylation is 1. The molecular weight excluding hydrogens is 502 g/mol. The van der Waals surface area contributed by atoms with Crippen LogP contribution in [0.1, 0.15) is 46.7 Å². The minimum absolute atomic E-state index is 0.157. The molecule has 0 saturated carbocycles. The number of nitrogens with zero attached hydrogens (tertiary/aromatic N) is 3. The lowest BCUT2D eigenvalue weighted by Crippen LogP contribution is -2.33. The normalized spacial score (nSPS) is 16.7. The first kappa shape index (κ1) is 24.2. The predicted molar refractivity (Wildman–Crippen MR) is 154 cm³/mol. The van der Waals surface area contributed by atoms with Crippen LogP contribution >= 0.6 is 0 Å². The first-order valence-corrected chi connectivity index (χ1v) is 13.5. The van der Waals surface area contributed by atoms with Gasteiger partial charge in [-0.3, -0.25) is 9.36 Å². The van der Waals surface area contributed by atoms with E-state index in [4.69, 9.17) is 9.47 Å². The van der Waals surface area contributed by atoms with Gasteiger partial charge in [0.15, 0.2) is 5.60 Å². The molecule has 7 rings (SSSR count). The van der Waals surface area contributed by atoms with E-state index in [9.17, 15) is 9.59 Å². The summed E-state index contributed by atoms with van der Waals surface area (Å²) in [5, 5.41) is 0.538. The Morgan fingerprint density at radius 3 is 2.33 bits per heavy atom. The Hall–Kier alpha value is -4.91. The van der Waals surface area contributed by atoms with E-state index < -0.39 is 5.60 Å². The smallest absolute Gasteiger partial charge is 0.340 e. The molecule has 0 fully saturated rings. The van der Waals surface area contributed by atoms with Crippen LogP contribution in [0, 0.1) is 6.92 Å². The summed E-state index contributed by atoms with van der Waals surface area (Å²) >= 11 is 0. The zero-order valence-electron chi connectivity index (χ0n) is 22.5. The highest BCUT2D eigenvalue weighted by Crippen LogP contribution is 2.56. The molecule has 7 nitrogen and oxygen atoms in total. The second-order valence-corrected chi connectivity index (χ2v) is 10.1. The maximum atomic E-state index is 13.6. The van der Waals surface area contributed by atoms with Gasteiger partial charge in [0, 0.05) is 47.6 Å². The Balaban J connectivity index is 1.48. The lowest BCUT2D eigenvalue weighted by Gasteiger charge is -2.37. The third kappa shape index (κ3) is 3.27. The van der Waals surface area contributed by atoms with Gasteiger partial charge in [0.2, 0.25) is 0 Å². The summed E-state index contributed by atoms with van der Waals surface area (Å²) in [5.74, 6) is 1.32. The maximum absolute atomic E-state index is 13.6. The van der Waals surface area contributed by atoms with Gasteiger partial charge in [-0.1, -0.05) is 30.3 Å². The number of rotatable bonds is 4. The zero-order chi connectivity index (χ0) is 27.6. The summed E-state index contributed by atoms with van der Waals surface area (Å²) in [5.41, 5.74) is 3.74. The lowest BCUT2D eigenvalue weighted by atomic mass is 9.77. The molecule has 0 aliphatic carbocycles. The topological polar surface area (TPSA) is 73.7 Å². The Morgan fingerprint density at radius 1 is 0.825 bits per heavy atom. The van der Waals surface area contributed by atoms with E-state index in [1.54, 1.807) is 16.7 Å². The van der Waals surface area contributed by atoms with Crippen LogP contribution in [-0.2, 0) is 10.3 Å². The number of ether oxygens (including phenoxy) is 2. The third-order valence-corrected chi connectivity index (χ3v) is 8.01. The van der Waals surface area contributed by atoms with Crippen molar-refractivity contribution in [3.63, 3.8) is 0 Å². The Labute approximate surface area is 231 Å². The second kappa shape index (κ2) is 8.81. The van der Waals surface area contributed by atoms with Gasteiger partial charge in [0.25, 0.3) is 5.56 Å².